The maximum absolute atomic E-state index is 6.12. The molecule has 2 aromatic carbocycles. The summed E-state index contributed by atoms with van der Waals surface area (Å²) in [6.07, 6.45) is 7.80. The normalized spacial score (nSPS) is 13.1. The lowest BCUT2D eigenvalue weighted by Crippen LogP contribution is -1.86. The molecule has 2 nitrogen and oxygen atoms in total. The van der Waals surface area contributed by atoms with E-state index >= 15 is 0 Å². The van der Waals surface area contributed by atoms with Crippen molar-refractivity contribution in [2.24, 2.45) is 4.99 Å². The van der Waals surface area contributed by atoms with E-state index < -0.39 is 0 Å². The lowest BCUT2D eigenvalue weighted by atomic mass is 9.98. The molecule has 3 rings (SSSR count). The molecule has 0 bridgehead atoms. The molecule has 0 radical (unpaired) electrons. The van der Waals surface area contributed by atoms with Gasteiger partial charge < -0.3 is 4.42 Å². The van der Waals surface area contributed by atoms with E-state index in [1.54, 1.807) is 13.3 Å². The molecule has 2 heteroatoms. The summed E-state index contributed by atoms with van der Waals surface area (Å²) in [7, 11) is 1.76. The zero-order valence-electron chi connectivity index (χ0n) is 13.1. The summed E-state index contributed by atoms with van der Waals surface area (Å²) in [5, 5.41) is 2.34. The van der Waals surface area contributed by atoms with Gasteiger partial charge in [0.15, 0.2) is 0 Å². The zero-order chi connectivity index (χ0) is 15.5. The van der Waals surface area contributed by atoms with E-state index in [1.165, 1.54) is 27.5 Å². The number of aliphatic imine (C=N–C) groups is 1. The number of hydrogen-bond acceptors (Lipinski definition) is 2. The van der Waals surface area contributed by atoms with Crippen molar-refractivity contribution in [3.8, 4) is 0 Å². The highest BCUT2D eigenvalue weighted by Gasteiger charge is 2.13. The Hall–Kier alpha value is -2.61. The topological polar surface area (TPSA) is 25.5 Å². The Bertz CT molecular complexity index is 910. The molecule has 22 heavy (non-hydrogen) atoms. The van der Waals surface area contributed by atoms with Crippen LogP contribution in [0.2, 0.25) is 0 Å². The molecule has 0 N–H and O–H groups in total. The van der Waals surface area contributed by atoms with Gasteiger partial charge in [0.1, 0.15) is 11.2 Å². The van der Waals surface area contributed by atoms with Gasteiger partial charge in [-0.1, -0.05) is 42.5 Å². The van der Waals surface area contributed by atoms with E-state index in [1.807, 2.05) is 30.4 Å². The molecule has 0 atom stereocenters. The fourth-order valence-electron chi connectivity index (χ4n) is 2.80. The fourth-order valence-corrected chi connectivity index (χ4v) is 2.80. The molecule has 0 aliphatic carbocycles. The first-order valence-corrected chi connectivity index (χ1v) is 7.39. The maximum Gasteiger partial charge on any atom is 0.143 e. The zero-order valence-corrected chi connectivity index (χ0v) is 13.1. The summed E-state index contributed by atoms with van der Waals surface area (Å²) >= 11 is 0. The minimum absolute atomic E-state index is 0.936. The van der Waals surface area contributed by atoms with E-state index in [4.69, 9.17) is 4.42 Å². The van der Waals surface area contributed by atoms with Crippen LogP contribution in [0.1, 0.15) is 18.1 Å². The Morgan fingerprint density at radius 2 is 1.86 bits per heavy atom. The molecule has 0 saturated carbocycles. The van der Waals surface area contributed by atoms with E-state index in [2.05, 4.69) is 43.1 Å². The quantitative estimate of drug-likeness (QED) is 0.458. The highest BCUT2D eigenvalue weighted by atomic mass is 16.3. The van der Waals surface area contributed by atoms with Gasteiger partial charge in [-0.25, -0.2) is 0 Å². The number of aryl methyl sites for hydroxylation is 1. The van der Waals surface area contributed by atoms with Crippen molar-refractivity contribution in [2.45, 2.75) is 13.8 Å². The van der Waals surface area contributed by atoms with Gasteiger partial charge >= 0.3 is 0 Å². The third kappa shape index (κ3) is 2.48. The molecular formula is C20H19NO. The Labute approximate surface area is 130 Å². The van der Waals surface area contributed by atoms with Gasteiger partial charge in [-0.05, 0) is 37.1 Å². The Balaban J connectivity index is 2.22. The van der Waals surface area contributed by atoms with Crippen molar-refractivity contribution in [1.29, 1.82) is 0 Å². The van der Waals surface area contributed by atoms with Gasteiger partial charge in [-0.3, -0.25) is 4.99 Å². The third-order valence-corrected chi connectivity index (χ3v) is 3.84. The van der Waals surface area contributed by atoms with Gasteiger partial charge in [0, 0.05) is 29.6 Å². The second-order valence-electron chi connectivity index (χ2n) is 5.37. The van der Waals surface area contributed by atoms with Crippen LogP contribution in [0.5, 0.6) is 0 Å². The molecule has 0 aliphatic rings. The standard InChI is InChI=1S/C20H19NO/c1-14(8-6-7-13-21-3)19-15(2)11-12-17-16-9-4-5-10-18(16)22-20(17)19/h4-13H,1-3H3/b7-6-,14-8+,21-13?. The van der Waals surface area contributed by atoms with E-state index in [0.717, 1.165) is 11.2 Å². The molecule has 0 unspecified atom stereocenters. The Morgan fingerprint density at radius 1 is 1.05 bits per heavy atom. The number of allylic oxidation sites excluding steroid dienone is 4. The number of rotatable bonds is 3. The van der Waals surface area contributed by atoms with Crippen LogP contribution in [-0.4, -0.2) is 13.3 Å². The number of para-hydroxylation sites is 1. The molecule has 1 heterocycles. The molecular weight excluding hydrogens is 270 g/mol. The molecule has 0 spiro atoms. The van der Waals surface area contributed by atoms with Crippen molar-refractivity contribution < 1.29 is 4.42 Å². The molecule has 0 fully saturated rings. The van der Waals surface area contributed by atoms with Crippen LogP contribution in [0.25, 0.3) is 27.5 Å². The second-order valence-corrected chi connectivity index (χ2v) is 5.37. The highest BCUT2D eigenvalue weighted by Crippen LogP contribution is 2.35. The van der Waals surface area contributed by atoms with Crippen LogP contribution >= 0.6 is 0 Å². The summed E-state index contributed by atoms with van der Waals surface area (Å²) in [6, 6.07) is 12.5. The lowest BCUT2D eigenvalue weighted by molar-refractivity contribution is 0.667. The fraction of sp³-hybridized carbons (Fsp3) is 0.150. The minimum Gasteiger partial charge on any atom is -0.455 e. The summed E-state index contributed by atoms with van der Waals surface area (Å²) < 4.78 is 6.12. The van der Waals surface area contributed by atoms with Crippen LogP contribution in [0, 0.1) is 6.92 Å². The van der Waals surface area contributed by atoms with Crippen molar-refractivity contribution in [3.05, 3.63) is 65.8 Å². The first kappa shape index (κ1) is 14.3. The predicted octanol–water partition coefficient (Wildman–Crippen LogP) is 5.55. The molecule has 0 amide bonds. The largest absolute Gasteiger partial charge is 0.455 e. The number of benzene rings is 2. The predicted molar refractivity (Wildman–Crippen MR) is 95.7 cm³/mol. The highest BCUT2D eigenvalue weighted by molar-refractivity contribution is 6.08. The number of nitrogens with zero attached hydrogens (tertiary/aromatic N) is 1. The summed E-state index contributed by atoms with van der Waals surface area (Å²) in [5.41, 5.74) is 5.48. The average molecular weight is 289 g/mol. The van der Waals surface area contributed by atoms with Gasteiger partial charge in [-0.15, -0.1) is 0 Å². The summed E-state index contributed by atoms with van der Waals surface area (Å²) in [4.78, 5) is 3.94. The van der Waals surface area contributed by atoms with Crippen LogP contribution in [0.15, 0.2) is 64.0 Å². The summed E-state index contributed by atoms with van der Waals surface area (Å²) in [5.74, 6) is 0. The molecule has 1 aromatic heterocycles. The Morgan fingerprint density at radius 3 is 2.68 bits per heavy atom. The summed E-state index contributed by atoms with van der Waals surface area (Å²) in [6.45, 7) is 4.24. The number of hydrogen-bond donors (Lipinski definition) is 0. The minimum atomic E-state index is 0.936. The maximum atomic E-state index is 6.12. The number of fused-ring (bicyclic) bond motifs is 3. The Kier molecular flexibility index (Phi) is 3.92. The van der Waals surface area contributed by atoms with Crippen LogP contribution < -0.4 is 0 Å². The number of furan rings is 1. The van der Waals surface area contributed by atoms with Crippen molar-refractivity contribution in [3.63, 3.8) is 0 Å². The smallest absolute Gasteiger partial charge is 0.143 e. The SMILES string of the molecule is CN=C/C=C\C=C(/C)c1c(C)ccc2c1oc1ccccc12. The van der Waals surface area contributed by atoms with Crippen molar-refractivity contribution in [2.75, 3.05) is 7.05 Å². The third-order valence-electron chi connectivity index (χ3n) is 3.84. The monoisotopic (exact) mass is 289 g/mol. The van der Waals surface area contributed by atoms with Gasteiger partial charge in [0.2, 0.25) is 0 Å². The molecule has 0 aliphatic heterocycles. The van der Waals surface area contributed by atoms with E-state index in [9.17, 15) is 0 Å². The molecule has 0 saturated heterocycles. The van der Waals surface area contributed by atoms with Crippen LogP contribution in [0.3, 0.4) is 0 Å². The molecule has 110 valence electrons. The first-order valence-electron chi connectivity index (χ1n) is 7.39. The van der Waals surface area contributed by atoms with Gasteiger partial charge in [-0.2, -0.15) is 0 Å². The second kappa shape index (κ2) is 6.02. The molecule has 3 aromatic rings. The van der Waals surface area contributed by atoms with E-state index in [-0.39, 0.29) is 0 Å². The van der Waals surface area contributed by atoms with Crippen molar-refractivity contribution >= 4 is 33.7 Å². The van der Waals surface area contributed by atoms with Crippen molar-refractivity contribution in [1.82, 2.24) is 0 Å². The lowest BCUT2D eigenvalue weighted by Gasteiger charge is -2.06. The van der Waals surface area contributed by atoms with Crippen LogP contribution in [-0.2, 0) is 0 Å². The van der Waals surface area contributed by atoms with Gasteiger partial charge in [0.25, 0.3) is 0 Å². The first-order chi connectivity index (χ1) is 10.7. The van der Waals surface area contributed by atoms with Crippen LogP contribution in [0.4, 0.5) is 0 Å². The average Bonchev–Trinajstić information content (AvgIpc) is 2.89. The van der Waals surface area contributed by atoms with E-state index in [0.29, 0.717) is 0 Å². The van der Waals surface area contributed by atoms with Gasteiger partial charge in [0.05, 0.1) is 0 Å².